The highest BCUT2D eigenvalue weighted by atomic mass is 35.5. The first-order valence-corrected chi connectivity index (χ1v) is 13.5. The Morgan fingerprint density at radius 3 is 2.45 bits per heavy atom. The number of para-hydroxylation sites is 1. The fourth-order valence-corrected chi connectivity index (χ4v) is 4.81. The molecule has 0 radical (unpaired) electrons. The van der Waals surface area contributed by atoms with Crippen LogP contribution in [-0.4, -0.2) is 33.2 Å². The van der Waals surface area contributed by atoms with Crippen LogP contribution in [0.15, 0.2) is 89.9 Å². The molecule has 5 N–H and O–H groups in total. The number of nitrogens with zero attached hydrogens (tertiary/aromatic N) is 2. The molecule has 9 heteroatoms. The lowest BCUT2D eigenvalue weighted by molar-refractivity contribution is -0.136. The van der Waals surface area contributed by atoms with Crippen LogP contribution in [0.5, 0.6) is 5.75 Å². The van der Waals surface area contributed by atoms with Gasteiger partial charge in [-0.15, -0.1) is 0 Å². The van der Waals surface area contributed by atoms with Gasteiger partial charge in [0.15, 0.2) is 5.65 Å². The first-order chi connectivity index (χ1) is 19.5. The SMILES string of the molecule is NCCCC[C@@H](N)C(=O)Oc1ccccc1-c1cnc2c(-c3ccc(Cl)cc3)c(Cc3ccccc3)[nH]n2c1=O. The second-order valence-corrected chi connectivity index (χ2v) is 10.0. The van der Waals surface area contributed by atoms with Gasteiger partial charge in [0.1, 0.15) is 11.8 Å². The highest BCUT2D eigenvalue weighted by Crippen LogP contribution is 2.32. The van der Waals surface area contributed by atoms with Gasteiger partial charge in [0, 0.05) is 34.5 Å². The first kappa shape index (κ1) is 27.3. The number of halogens is 1. The van der Waals surface area contributed by atoms with Gasteiger partial charge in [-0.25, -0.2) is 14.3 Å². The van der Waals surface area contributed by atoms with E-state index < -0.39 is 12.0 Å². The standard InChI is InChI=1S/C31H30ClN5O3/c32-22-15-13-21(14-16-22)28-26(18-20-8-2-1-3-9-20)36-37-29(28)35-19-24(30(37)38)23-10-4-5-12-27(23)40-31(39)25(34)11-6-7-17-33/h1-5,8-10,12-16,19,25,36H,6-7,11,17-18,33-34H2/t25-/m1/s1. The van der Waals surface area contributed by atoms with Gasteiger partial charge in [-0.3, -0.25) is 9.89 Å². The molecule has 0 saturated heterocycles. The van der Waals surface area contributed by atoms with Crippen LogP contribution in [0.1, 0.15) is 30.5 Å². The number of carbonyl (C=O) groups is 1. The van der Waals surface area contributed by atoms with Crippen LogP contribution in [0.2, 0.25) is 5.02 Å². The van der Waals surface area contributed by atoms with Gasteiger partial charge >= 0.3 is 5.97 Å². The van der Waals surface area contributed by atoms with E-state index in [0.29, 0.717) is 35.6 Å². The number of aromatic nitrogens is 3. The molecule has 40 heavy (non-hydrogen) atoms. The minimum absolute atomic E-state index is 0.245. The first-order valence-electron chi connectivity index (χ1n) is 13.2. The molecule has 2 aromatic heterocycles. The third kappa shape index (κ3) is 5.84. The van der Waals surface area contributed by atoms with Gasteiger partial charge in [-0.1, -0.05) is 78.7 Å². The molecule has 2 heterocycles. The molecule has 0 amide bonds. The zero-order valence-corrected chi connectivity index (χ0v) is 22.6. The second-order valence-electron chi connectivity index (χ2n) is 9.58. The minimum Gasteiger partial charge on any atom is -0.425 e. The van der Waals surface area contributed by atoms with Gasteiger partial charge in [0.2, 0.25) is 0 Å². The van der Waals surface area contributed by atoms with Gasteiger partial charge < -0.3 is 16.2 Å². The molecule has 0 bridgehead atoms. The van der Waals surface area contributed by atoms with Gasteiger partial charge in [-0.05, 0) is 48.7 Å². The van der Waals surface area contributed by atoms with Crippen molar-refractivity contribution >= 4 is 23.2 Å². The molecule has 204 valence electrons. The quantitative estimate of drug-likeness (QED) is 0.127. The van der Waals surface area contributed by atoms with Crippen LogP contribution in [0.3, 0.4) is 0 Å². The summed E-state index contributed by atoms with van der Waals surface area (Å²) >= 11 is 6.15. The van der Waals surface area contributed by atoms with Crippen molar-refractivity contribution in [1.29, 1.82) is 0 Å². The van der Waals surface area contributed by atoms with E-state index in [1.54, 1.807) is 24.3 Å². The van der Waals surface area contributed by atoms with E-state index in [9.17, 15) is 9.59 Å². The van der Waals surface area contributed by atoms with Crippen molar-refractivity contribution < 1.29 is 9.53 Å². The number of aromatic amines is 1. The van der Waals surface area contributed by atoms with Crippen molar-refractivity contribution in [3.63, 3.8) is 0 Å². The molecule has 0 aliphatic heterocycles. The van der Waals surface area contributed by atoms with Crippen molar-refractivity contribution in [2.24, 2.45) is 11.5 Å². The predicted molar refractivity (Wildman–Crippen MR) is 157 cm³/mol. The van der Waals surface area contributed by atoms with Gasteiger partial charge in [0.05, 0.1) is 5.56 Å². The number of nitrogens with two attached hydrogens (primary N) is 2. The second kappa shape index (κ2) is 12.3. The Bertz CT molecular complexity index is 1680. The molecule has 0 fully saturated rings. The number of esters is 1. The van der Waals surface area contributed by atoms with E-state index in [4.69, 9.17) is 32.8 Å². The van der Waals surface area contributed by atoms with Crippen LogP contribution in [-0.2, 0) is 11.2 Å². The van der Waals surface area contributed by atoms with Crippen molar-refractivity contribution in [1.82, 2.24) is 14.6 Å². The Morgan fingerprint density at radius 1 is 0.975 bits per heavy atom. The summed E-state index contributed by atoms with van der Waals surface area (Å²) in [5.41, 5.74) is 16.1. The lowest BCUT2D eigenvalue weighted by Crippen LogP contribution is -2.34. The van der Waals surface area contributed by atoms with Crippen molar-refractivity contribution in [2.75, 3.05) is 6.54 Å². The van der Waals surface area contributed by atoms with E-state index in [-0.39, 0.29) is 16.9 Å². The molecule has 0 aliphatic carbocycles. The summed E-state index contributed by atoms with van der Waals surface area (Å²) in [6, 6.07) is 23.5. The largest absolute Gasteiger partial charge is 0.425 e. The fraction of sp³-hybridized carbons (Fsp3) is 0.194. The van der Waals surface area contributed by atoms with Crippen molar-refractivity contribution in [3.05, 3.63) is 112 Å². The molecule has 5 aromatic rings. The van der Waals surface area contributed by atoms with Crippen LogP contribution in [0, 0.1) is 0 Å². The molecule has 8 nitrogen and oxygen atoms in total. The number of benzene rings is 3. The topological polar surface area (TPSA) is 128 Å². The number of fused-ring (bicyclic) bond motifs is 1. The van der Waals surface area contributed by atoms with Crippen LogP contribution >= 0.6 is 11.6 Å². The molecule has 0 spiro atoms. The van der Waals surface area contributed by atoms with Crippen LogP contribution < -0.4 is 21.8 Å². The van der Waals surface area contributed by atoms with E-state index >= 15 is 0 Å². The van der Waals surface area contributed by atoms with E-state index in [2.05, 4.69) is 5.10 Å². The third-order valence-corrected chi connectivity index (χ3v) is 7.00. The summed E-state index contributed by atoms with van der Waals surface area (Å²) in [4.78, 5) is 31.3. The van der Waals surface area contributed by atoms with Gasteiger partial charge in [0.25, 0.3) is 5.56 Å². The molecule has 3 aromatic carbocycles. The summed E-state index contributed by atoms with van der Waals surface area (Å²) in [7, 11) is 0. The lowest BCUT2D eigenvalue weighted by Gasteiger charge is -2.13. The maximum atomic E-state index is 13.9. The highest BCUT2D eigenvalue weighted by molar-refractivity contribution is 6.30. The average molecular weight is 556 g/mol. The molecule has 0 unspecified atom stereocenters. The Kier molecular flexibility index (Phi) is 8.40. The number of ether oxygens (including phenoxy) is 1. The maximum absolute atomic E-state index is 13.9. The number of rotatable bonds is 10. The molecule has 1 atom stereocenters. The predicted octanol–water partition coefficient (Wildman–Crippen LogP) is 4.96. The Morgan fingerprint density at radius 2 is 1.70 bits per heavy atom. The zero-order valence-electron chi connectivity index (χ0n) is 21.8. The van der Waals surface area contributed by atoms with E-state index in [1.165, 1.54) is 10.7 Å². The van der Waals surface area contributed by atoms with Gasteiger partial charge in [-0.2, -0.15) is 0 Å². The molecule has 0 saturated carbocycles. The third-order valence-electron chi connectivity index (χ3n) is 6.75. The number of hydrogen-bond donors (Lipinski definition) is 3. The summed E-state index contributed by atoms with van der Waals surface area (Å²) in [6.07, 6.45) is 4.05. The number of H-pyrrole nitrogens is 1. The summed E-state index contributed by atoms with van der Waals surface area (Å²) in [5, 5.41) is 3.90. The lowest BCUT2D eigenvalue weighted by atomic mass is 10.0. The number of carbonyl (C=O) groups excluding carboxylic acids is 1. The monoisotopic (exact) mass is 555 g/mol. The number of hydrogen-bond acceptors (Lipinski definition) is 6. The van der Waals surface area contributed by atoms with Crippen LogP contribution in [0.25, 0.3) is 27.9 Å². The van der Waals surface area contributed by atoms with E-state index in [1.807, 2.05) is 54.6 Å². The average Bonchev–Trinajstić information content (AvgIpc) is 3.33. The number of unbranched alkanes of at least 4 members (excludes halogenated alkanes) is 1. The molecule has 5 rings (SSSR count). The zero-order chi connectivity index (χ0) is 28.1. The molecule has 0 aliphatic rings. The minimum atomic E-state index is -0.785. The Hall–Kier alpha value is -4.24. The van der Waals surface area contributed by atoms with Crippen LogP contribution in [0.4, 0.5) is 0 Å². The van der Waals surface area contributed by atoms with Crippen molar-refractivity contribution in [2.45, 2.75) is 31.7 Å². The fourth-order valence-electron chi connectivity index (χ4n) is 4.68. The number of nitrogens with one attached hydrogen (secondary N) is 1. The summed E-state index contributed by atoms with van der Waals surface area (Å²) in [5.74, 6) is -0.316. The molecular weight excluding hydrogens is 526 g/mol. The Balaban J connectivity index is 1.56. The summed E-state index contributed by atoms with van der Waals surface area (Å²) in [6.45, 7) is 0.537. The smallest absolute Gasteiger partial charge is 0.328 e. The normalized spacial score (nSPS) is 12.0. The maximum Gasteiger partial charge on any atom is 0.328 e. The Labute approximate surface area is 236 Å². The van der Waals surface area contributed by atoms with E-state index in [0.717, 1.165) is 35.2 Å². The van der Waals surface area contributed by atoms with Crippen molar-refractivity contribution in [3.8, 4) is 28.0 Å². The summed E-state index contributed by atoms with van der Waals surface area (Å²) < 4.78 is 7.09. The highest BCUT2D eigenvalue weighted by Gasteiger charge is 2.22. The molecular formula is C31H30ClN5O3.